The Morgan fingerprint density at radius 3 is 2.89 bits per heavy atom. The third-order valence-electron chi connectivity index (χ3n) is 5.62. The molecule has 0 spiro atoms. The summed E-state index contributed by atoms with van der Waals surface area (Å²) in [6, 6.07) is 9.19. The van der Waals surface area contributed by atoms with Crippen LogP contribution in [0.4, 0.5) is 0 Å². The number of benzene rings is 1. The van der Waals surface area contributed by atoms with Crippen molar-refractivity contribution in [1.29, 1.82) is 0 Å². The lowest BCUT2D eigenvalue weighted by molar-refractivity contribution is 0.259. The van der Waals surface area contributed by atoms with E-state index in [1.807, 2.05) is 7.05 Å². The van der Waals surface area contributed by atoms with Crippen molar-refractivity contribution < 1.29 is 0 Å². The highest BCUT2D eigenvalue weighted by Crippen LogP contribution is 2.19. The lowest BCUT2D eigenvalue weighted by Gasteiger charge is -2.25. The number of likely N-dealkylation sites (tertiary alicyclic amines) is 1. The van der Waals surface area contributed by atoms with Gasteiger partial charge in [-0.2, -0.15) is 0 Å². The van der Waals surface area contributed by atoms with Crippen LogP contribution in [0.1, 0.15) is 18.4 Å². The van der Waals surface area contributed by atoms with Crippen LogP contribution in [0.15, 0.2) is 47.6 Å². The zero-order chi connectivity index (χ0) is 17.8. The molecule has 6 heteroatoms. The van der Waals surface area contributed by atoms with Crippen molar-refractivity contribution >= 4 is 40.8 Å². The van der Waals surface area contributed by atoms with E-state index >= 15 is 0 Å². The maximum atomic E-state index is 4.51. The minimum absolute atomic E-state index is 0. The van der Waals surface area contributed by atoms with Crippen LogP contribution in [0.3, 0.4) is 0 Å². The third kappa shape index (κ3) is 4.66. The summed E-state index contributed by atoms with van der Waals surface area (Å²) in [5.74, 6) is 1.05. The number of rotatable bonds is 5. The molecule has 3 heterocycles. The number of hydrogen-bond donors (Lipinski definition) is 2. The first-order valence-corrected chi connectivity index (χ1v) is 9.75. The van der Waals surface area contributed by atoms with Crippen molar-refractivity contribution in [2.24, 2.45) is 4.99 Å². The van der Waals surface area contributed by atoms with E-state index in [1.54, 1.807) is 0 Å². The molecule has 0 bridgehead atoms. The Morgan fingerprint density at radius 1 is 1.26 bits per heavy atom. The summed E-state index contributed by atoms with van der Waals surface area (Å²) in [6.07, 6.45) is 10.1. The minimum Gasteiger partial charge on any atom is -0.361 e. The lowest BCUT2D eigenvalue weighted by atomic mass is 10.1. The second-order valence-corrected chi connectivity index (χ2v) is 7.25. The van der Waals surface area contributed by atoms with Gasteiger partial charge in [-0.25, -0.2) is 0 Å². The molecule has 1 fully saturated rings. The minimum atomic E-state index is 0. The summed E-state index contributed by atoms with van der Waals surface area (Å²) in [7, 11) is 1.90. The molecule has 2 aromatic rings. The Kier molecular flexibility index (Phi) is 7.18. The first kappa shape index (κ1) is 20.2. The highest BCUT2D eigenvalue weighted by atomic mass is 127. The number of para-hydroxylation sites is 1. The predicted molar refractivity (Wildman–Crippen MR) is 124 cm³/mol. The molecule has 1 unspecified atom stereocenters. The summed E-state index contributed by atoms with van der Waals surface area (Å²) in [5, 5.41) is 4.91. The molecule has 2 aliphatic rings. The number of nitrogens with zero attached hydrogens (tertiary/aromatic N) is 3. The summed E-state index contributed by atoms with van der Waals surface area (Å²) in [6.45, 7) is 5.36. The van der Waals surface area contributed by atoms with Gasteiger partial charge < -0.3 is 15.2 Å². The Hall–Kier alpha value is -1.54. The average molecular weight is 479 g/mol. The number of aliphatic imine (C=N–C) groups is 1. The van der Waals surface area contributed by atoms with Crippen molar-refractivity contribution in [1.82, 2.24) is 20.1 Å². The van der Waals surface area contributed by atoms with Crippen molar-refractivity contribution in [2.45, 2.75) is 25.3 Å². The van der Waals surface area contributed by atoms with E-state index in [4.69, 9.17) is 0 Å². The van der Waals surface area contributed by atoms with E-state index in [1.165, 1.54) is 22.9 Å². The molecule has 1 atom stereocenters. The van der Waals surface area contributed by atoms with Gasteiger partial charge in [0.25, 0.3) is 0 Å². The molecule has 2 aliphatic heterocycles. The zero-order valence-corrected chi connectivity index (χ0v) is 18.4. The number of nitrogens with one attached hydrogen (secondary N) is 2. The summed E-state index contributed by atoms with van der Waals surface area (Å²) in [4.78, 5) is 12.8. The van der Waals surface area contributed by atoms with Gasteiger partial charge in [0.2, 0.25) is 0 Å². The van der Waals surface area contributed by atoms with Crippen LogP contribution < -0.4 is 5.32 Å². The standard InChI is InChI=1S/C21H29N5.HI/c1-22-21(26-14-10-18(16-26)25-12-4-5-13-25)23-11-6-7-17-15-24-20-9-3-2-8-19(17)20;/h2-5,8-9,15,18,24H,6-7,10-14,16H2,1H3,(H,22,23);1H. The molecule has 0 aliphatic carbocycles. The molecule has 1 aromatic carbocycles. The number of aromatic amines is 1. The Bertz CT molecular complexity index is 789. The number of hydrogen-bond acceptors (Lipinski definition) is 2. The van der Waals surface area contributed by atoms with Crippen LogP contribution in [0.2, 0.25) is 0 Å². The molecular weight excluding hydrogens is 449 g/mol. The van der Waals surface area contributed by atoms with E-state index in [-0.39, 0.29) is 24.0 Å². The van der Waals surface area contributed by atoms with E-state index < -0.39 is 0 Å². The molecule has 146 valence electrons. The van der Waals surface area contributed by atoms with Gasteiger partial charge in [0, 0.05) is 62.9 Å². The largest absolute Gasteiger partial charge is 0.361 e. The Morgan fingerprint density at radius 2 is 2.07 bits per heavy atom. The second-order valence-electron chi connectivity index (χ2n) is 7.25. The maximum Gasteiger partial charge on any atom is 0.193 e. The number of halogens is 1. The summed E-state index contributed by atoms with van der Waals surface area (Å²) < 4.78 is 0. The van der Waals surface area contributed by atoms with Crippen LogP contribution in [-0.2, 0) is 6.42 Å². The molecule has 0 saturated carbocycles. The first-order valence-electron chi connectivity index (χ1n) is 9.75. The highest BCUT2D eigenvalue weighted by Gasteiger charge is 2.29. The van der Waals surface area contributed by atoms with Gasteiger partial charge >= 0.3 is 0 Å². The smallest absolute Gasteiger partial charge is 0.193 e. The molecule has 27 heavy (non-hydrogen) atoms. The number of aryl methyl sites for hydroxylation is 1. The lowest BCUT2D eigenvalue weighted by Crippen LogP contribution is -2.43. The fourth-order valence-electron chi connectivity index (χ4n) is 4.17. The molecular formula is C21H30IN5. The van der Waals surface area contributed by atoms with Gasteiger partial charge in [0.05, 0.1) is 0 Å². The quantitative estimate of drug-likeness (QED) is 0.228. The van der Waals surface area contributed by atoms with Gasteiger partial charge in [0.15, 0.2) is 5.96 Å². The van der Waals surface area contributed by atoms with Crippen LogP contribution in [0.25, 0.3) is 10.9 Å². The Labute approximate surface area is 178 Å². The van der Waals surface area contributed by atoms with Gasteiger partial charge in [-0.3, -0.25) is 9.89 Å². The fourth-order valence-corrected chi connectivity index (χ4v) is 4.17. The van der Waals surface area contributed by atoms with Gasteiger partial charge in [-0.15, -0.1) is 24.0 Å². The van der Waals surface area contributed by atoms with Crippen LogP contribution in [0, 0.1) is 0 Å². The van der Waals surface area contributed by atoms with E-state index in [9.17, 15) is 0 Å². The molecule has 2 N–H and O–H groups in total. The number of fused-ring (bicyclic) bond motifs is 1. The maximum absolute atomic E-state index is 4.51. The van der Waals surface area contributed by atoms with Crippen molar-refractivity contribution in [3.8, 4) is 0 Å². The molecule has 1 saturated heterocycles. The monoisotopic (exact) mass is 479 g/mol. The molecule has 5 nitrogen and oxygen atoms in total. The summed E-state index contributed by atoms with van der Waals surface area (Å²) >= 11 is 0. The predicted octanol–water partition coefficient (Wildman–Crippen LogP) is 3.24. The van der Waals surface area contributed by atoms with Crippen molar-refractivity contribution in [2.75, 3.05) is 39.8 Å². The van der Waals surface area contributed by atoms with Gasteiger partial charge in [-0.1, -0.05) is 30.4 Å². The fraction of sp³-hybridized carbons (Fsp3) is 0.476. The Balaban J connectivity index is 0.00000210. The van der Waals surface area contributed by atoms with E-state index in [2.05, 4.69) is 67.7 Å². The number of aromatic nitrogens is 1. The SMILES string of the molecule is CN=C(NCCCc1c[nH]c2ccccc12)N1CCC(N2CC=CC2)C1.I. The van der Waals surface area contributed by atoms with Gasteiger partial charge in [-0.05, 0) is 30.9 Å². The second kappa shape index (κ2) is 9.59. The molecule has 0 radical (unpaired) electrons. The average Bonchev–Trinajstić information content (AvgIpc) is 3.42. The zero-order valence-electron chi connectivity index (χ0n) is 16.0. The topological polar surface area (TPSA) is 46.7 Å². The van der Waals surface area contributed by atoms with E-state index in [0.717, 1.165) is 51.5 Å². The highest BCUT2D eigenvalue weighted by molar-refractivity contribution is 14.0. The van der Waals surface area contributed by atoms with Gasteiger partial charge in [0.1, 0.15) is 0 Å². The molecule has 4 rings (SSSR count). The first-order chi connectivity index (χ1) is 12.8. The molecule has 0 amide bonds. The third-order valence-corrected chi connectivity index (χ3v) is 5.62. The van der Waals surface area contributed by atoms with Crippen LogP contribution >= 0.6 is 24.0 Å². The summed E-state index contributed by atoms with van der Waals surface area (Å²) in [5.41, 5.74) is 2.63. The van der Waals surface area contributed by atoms with Crippen LogP contribution in [-0.4, -0.2) is 66.6 Å². The van der Waals surface area contributed by atoms with Crippen molar-refractivity contribution in [3.05, 3.63) is 48.2 Å². The normalized spacial score (nSPS) is 20.4. The number of guanidine groups is 1. The van der Waals surface area contributed by atoms with E-state index in [0.29, 0.717) is 6.04 Å². The molecule has 1 aromatic heterocycles. The number of H-pyrrole nitrogens is 1. The van der Waals surface area contributed by atoms with Crippen LogP contribution in [0.5, 0.6) is 0 Å². The van der Waals surface area contributed by atoms with Crippen molar-refractivity contribution in [3.63, 3.8) is 0 Å².